The highest BCUT2D eigenvalue weighted by Crippen LogP contribution is 2.26. The Morgan fingerprint density at radius 3 is 2.58 bits per heavy atom. The fraction of sp³-hybridized carbons (Fsp3) is 0.938. The lowest BCUT2D eigenvalue weighted by atomic mass is 9.89. The van der Waals surface area contributed by atoms with Crippen LogP contribution in [0.3, 0.4) is 0 Å². The largest absolute Gasteiger partial charge is 0.342 e. The van der Waals surface area contributed by atoms with Crippen LogP contribution in [-0.2, 0) is 4.79 Å². The Labute approximate surface area is 118 Å². The number of nitrogens with zero attached hydrogens (tertiary/aromatic N) is 1. The summed E-state index contributed by atoms with van der Waals surface area (Å²) >= 11 is 0. The van der Waals surface area contributed by atoms with E-state index in [1.54, 1.807) is 0 Å². The third kappa shape index (κ3) is 3.95. The quantitative estimate of drug-likeness (QED) is 0.833. The first-order chi connectivity index (χ1) is 9.08. The Morgan fingerprint density at radius 1 is 1.16 bits per heavy atom. The van der Waals surface area contributed by atoms with Gasteiger partial charge in [-0.05, 0) is 50.9 Å². The second kappa shape index (κ2) is 6.74. The molecule has 3 atom stereocenters. The summed E-state index contributed by atoms with van der Waals surface area (Å²) in [5.74, 6) is 2.20. The molecule has 0 bridgehead atoms. The minimum absolute atomic E-state index is 0.229. The Hall–Kier alpha value is -0.570. The number of piperidine rings is 1. The SMILES string of the molecule is CC1CCC(C(=O)N2CCCC(C(C)C)CC2)CN1. The van der Waals surface area contributed by atoms with E-state index >= 15 is 0 Å². The van der Waals surface area contributed by atoms with Crippen LogP contribution in [0.2, 0.25) is 0 Å². The first kappa shape index (κ1) is 14.8. The number of carbonyl (C=O) groups excluding carboxylic acids is 1. The molecule has 0 aromatic heterocycles. The summed E-state index contributed by atoms with van der Waals surface area (Å²) in [5.41, 5.74) is 0. The number of rotatable bonds is 2. The predicted octanol–water partition coefficient (Wildman–Crippen LogP) is 2.66. The number of carbonyl (C=O) groups is 1. The van der Waals surface area contributed by atoms with Crippen LogP contribution in [0, 0.1) is 17.8 Å². The van der Waals surface area contributed by atoms with Crippen LogP contribution in [0.15, 0.2) is 0 Å². The molecule has 3 heteroatoms. The zero-order chi connectivity index (χ0) is 13.8. The average molecular weight is 266 g/mol. The Bertz CT molecular complexity index is 295. The first-order valence-electron chi connectivity index (χ1n) is 8.10. The molecule has 0 aliphatic carbocycles. The molecule has 0 aromatic rings. The maximum Gasteiger partial charge on any atom is 0.226 e. The van der Waals surface area contributed by atoms with Gasteiger partial charge in [0.05, 0.1) is 5.92 Å². The van der Waals surface area contributed by atoms with Crippen LogP contribution < -0.4 is 5.32 Å². The van der Waals surface area contributed by atoms with Crippen LogP contribution in [0.1, 0.15) is 52.9 Å². The molecule has 2 saturated heterocycles. The van der Waals surface area contributed by atoms with E-state index in [4.69, 9.17) is 0 Å². The van der Waals surface area contributed by atoms with Crippen molar-refractivity contribution in [2.24, 2.45) is 17.8 Å². The summed E-state index contributed by atoms with van der Waals surface area (Å²) in [7, 11) is 0. The molecule has 2 aliphatic rings. The Kier molecular flexibility index (Phi) is 5.26. The maximum absolute atomic E-state index is 12.6. The molecule has 1 amide bonds. The Morgan fingerprint density at radius 2 is 1.95 bits per heavy atom. The smallest absolute Gasteiger partial charge is 0.226 e. The lowest BCUT2D eigenvalue weighted by Crippen LogP contribution is -2.46. The van der Waals surface area contributed by atoms with Crippen molar-refractivity contribution in [3.8, 4) is 0 Å². The van der Waals surface area contributed by atoms with Crippen molar-refractivity contribution >= 4 is 5.91 Å². The zero-order valence-corrected chi connectivity index (χ0v) is 12.8. The van der Waals surface area contributed by atoms with Gasteiger partial charge in [-0.2, -0.15) is 0 Å². The molecular formula is C16H30N2O. The maximum atomic E-state index is 12.6. The molecule has 2 heterocycles. The zero-order valence-electron chi connectivity index (χ0n) is 12.8. The highest BCUT2D eigenvalue weighted by molar-refractivity contribution is 5.79. The van der Waals surface area contributed by atoms with E-state index in [1.807, 2.05) is 0 Å². The van der Waals surface area contributed by atoms with Gasteiger partial charge in [0.2, 0.25) is 5.91 Å². The number of hydrogen-bond donors (Lipinski definition) is 1. The van der Waals surface area contributed by atoms with Crippen molar-refractivity contribution in [1.29, 1.82) is 0 Å². The lowest BCUT2D eigenvalue weighted by Gasteiger charge is -2.31. The van der Waals surface area contributed by atoms with Crippen LogP contribution in [-0.4, -0.2) is 36.5 Å². The summed E-state index contributed by atoms with van der Waals surface area (Å²) in [6.45, 7) is 9.68. The molecular weight excluding hydrogens is 236 g/mol. The van der Waals surface area contributed by atoms with Crippen molar-refractivity contribution in [2.75, 3.05) is 19.6 Å². The molecule has 2 rings (SSSR count). The van der Waals surface area contributed by atoms with Gasteiger partial charge in [0.1, 0.15) is 0 Å². The highest BCUT2D eigenvalue weighted by Gasteiger charge is 2.29. The van der Waals surface area contributed by atoms with E-state index in [1.165, 1.54) is 19.3 Å². The Balaban J connectivity index is 1.85. The second-order valence-corrected chi connectivity index (χ2v) is 6.84. The van der Waals surface area contributed by atoms with Gasteiger partial charge in [0, 0.05) is 25.7 Å². The van der Waals surface area contributed by atoms with Gasteiger partial charge in [0.25, 0.3) is 0 Å². The van der Waals surface area contributed by atoms with Crippen LogP contribution in [0.5, 0.6) is 0 Å². The van der Waals surface area contributed by atoms with E-state index < -0.39 is 0 Å². The molecule has 19 heavy (non-hydrogen) atoms. The first-order valence-corrected chi connectivity index (χ1v) is 8.10. The van der Waals surface area contributed by atoms with Crippen molar-refractivity contribution in [3.05, 3.63) is 0 Å². The molecule has 3 nitrogen and oxygen atoms in total. The molecule has 2 aliphatic heterocycles. The summed E-state index contributed by atoms with van der Waals surface area (Å²) in [6, 6.07) is 0.582. The summed E-state index contributed by atoms with van der Waals surface area (Å²) in [6.07, 6.45) is 5.88. The van der Waals surface area contributed by atoms with E-state index in [2.05, 4.69) is 31.0 Å². The van der Waals surface area contributed by atoms with Crippen molar-refractivity contribution in [3.63, 3.8) is 0 Å². The van der Waals surface area contributed by atoms with Gasteiger partial charge < -0.3 is 10.2 Å². The number of amides is 1. The third-order valence-electron chi connectivity index (χ3n) is 5.04. The topological polar surface area (TPSA) is 32.3 Å². The third-order valence-corrected chi connectivity index (χ3v) is 5.04. The van der Waals surface area contributed by atoms with Gasteiger partial charge in [-0.25, -0.2) is 0 Å². The molecule has 0 aromatic carbocycles. The molecule has 2 fully saturated rings. The van der Waals surface area contributed by atoms with Gasteiger partial charge >= 0.3 is 0 Å². The van der Waals surface area contributed by atoms with Crippen LogP contribution in [0.4, 0.5) is 0 Å². The lowest BCUT2D eigenvalue weighted by molar-refractivity contribution is -0.136. The summed E-state index contributed by atoms with van der Waals surface area (Å²) < 4.78 is 0. The minimum atomic E-state index is 0.229. The van der Waals surface area contributed by atoms with E-state index in [0.717, 1.165) is 44.3 Å². The van der Waals surface area contributed by atoms with Crippen molar-refractivity contribution in [2.45, 2.75) is 58.9 Å². The number of likely N-dealkylation sites (tertiary alicyclic amines) is 1. The molecule has 0 radical (unpaired) electrons. The molecule has 0 spiro atoms. The summed E-state index contributed by atoms with van der Waals surface area (Å²) in [5, 5.41) is 3.45. The van der Waals surface area contributed by atoms with Crippen LogP contribution >= 0.6 is 0 Å². The number of hydrogen-bond acceptors (Lipinski definition) is 2. The molecule has 3 unspecified atom stereocenters. The number of nitrogens with one attached hydrogen (secondary N) is 1. The minimum Gasteiger partial charge on any atom is -0.342 e. The van der Waals surface area contributed by atoms with Crippen molar-refractivity contribution in [1.82, 2.24) is 10.2 Å². The van der Waals surface area contributed by atoms with Crippen molar-refractivity contribution < 1.29 is 4.79 Å². The van der Waals surface area contributed by atoms with Gasteiger partial charge in [-0.3, -0.25) is 4.79 Å². The fourth-order valence-electron chi connectivity index (χ4n) is 3.48. The monoisotopic (exact) mass is 266 g/mol. The second-order valence-electron chi connectivity index (χ2n) is 6.84. The fourth-order valence-corrected chi connectivity index (χ4v) is 3.48. The molecule has 1 N–H and O–H groups in total. The highest BCUT2D eigenvalue weighted by atomic mass is 16.2. The van der Waals surface area contributed by atoms with Gasteiger partial charge in [-0.1, -0.05) is 13.8 Å². The molecule has 0 saturated carbocycles. The van der Waals surface area contributed by atoms with Crippen LogP contribution in [0.25, 0.3) is 0 Å². The van der Waals surface area contributed by atoms with Gasteiger partial charge in [-0.15, -0.1) is 0 Å². The van der Waals surface area contributed by atoms with E-state index in [0.29, 0.717) is 11.9 Å². The summed E-state index contributed by atoms with van der Waals surface area (Å²) in [4.78, 5) is 14.7. The standard InChI is InChI=1S/C16H30N2O/c1-12(2)14-5-4-9-18(10-8-14)16(19)15-7-6-13(3)17-11-15/h12-15,17H,4-11H2,1-3H3. The van der Waals surface area contributed by atoms with E-state index in [-0.39, 0.29) is 5.92 Å². The van der Waals surface area contributed by atoms with Gasteiger partial charge in [0.15, 0.2) is 0 Å². The van der Waals surface area contributed by atoms with E-state index in [9.17, 15) is 4.79 Å². The predicted molar refractivity (Wildman–Crippen MR) is 78.9 cm³/mol. The molecule has 110 valence electrons. The normalized spacial score (nSPS) is 33.3. The average Bonchev–Trinajstić information content (AvgIpc) is 2.64.